The van der Waals surface area contributed by atoms with Gasteiger partial charge >= 0.3 is 0 Å². The quantitative estimate of drug-likeness (QED) is 0.703. The monoisotopic (exact) mass is 223 g/mol. The van der Waals surface area contributed by atoms with Crippen molar-refractivity contribution in [3.05, 3.63) is 0 Å². The van der Waals surface area contributed by atoms with Crippen LogP contribution in [0, 0.1) is 29.6 Å². The van der Waals surface area contributed by atoms with Crippen molar-refractivity contribution in [2.24, 2.45) is 29.6 Å². The zero-order valence-corrected chi connectivity index (χ0v) is 11.6. The van der Waals surface area contributed by atoms with Gasteiger partial charge in [-0.25, -0.2) is 0 Å². The van der Waals surface area contributed by atoms with Crippen molar-refractivity contribution in [1.82, 2.24) is 4.90 Å². The van der Waals surface area contributed by atoms with Crippen LogP contribution in [0.1, 0.15) is 47.0 Å². The molecule has 1 saturated heterocycles. The third-order valence-corrected chi connectivity index (χ3v) is 4.98. The van der Waals surface area contributed by atoms with Gasteiger partial charge in [-0.15, -0.1) is 0 Å². The van der Waals surface area contributed by atoms with Gasteiger partial charge in [0.25, 0.3) is 0 Å². The van der Waals surface area contributed by atoms with Crippen LogP contribution in [0.2, 0.25) is 0 Å². The molecule has 1 heteroatoms. The fraction of sp³-hybridized carbons (Fsp3) is 1.00. The fourth-order valence-corrected chi connectivity index (χ4v) is 3.50. The molecule has 2 rings (SSSR count). The number of likely N-dealkylation sites (tertiary alicyclic amines) is 1. The molecule has 1 heterocycles. The van der Waals surface area contributed by atoms with Gasteiger partial charge in [0.15, 0.2) is 0 Å². The minimum absolute atomic E-state index is 0.833. The first-order valence-corrected chi connectivity index (χ1v) is 7.30. The Morgan fingerprint density at radius 3 is 2.06 bits per heavy atom. The van der Waals surface area contributed by atoms with E-state index in [0.717, 1.165) is 29.6 Å². The van der Waals surface area contributed by atoms with Crippen molar-refractivity contribution in [2.45, 2.75) is 47.0 Å². The summed E-state index contributed by atoms with van der Waals surface area (Å²) in [4.78, 5) is 2.67. The normalized spacial score (nSPS) is 36.9. The summed E-state index contributed by atoms with van der Waals surface area (Å²) in [5, 5.41) is 0. The summed E-state index contributed by atoms with van der Waals surface area (Å²) in [6.45, 7) is 13.6. The van der Waals surface area contributed by atoms with Crippen molar-refractivity contribution in [2.75, 3.05) is 19.6 Å². The fourth-order valence-electron chi connectivity index (χ4n) is 3.50. The van der Waals surface area contributed by atoms with E-state index in [9.17, 15) is 0 Å². The lowest BCUT2D eigenvalue weighted by molar-refractivity contribution is 0.159. The van der Waals surface area contributed by atoms with Gasteiger partial charge in [0.05, 0.1) is 0 Å². The second-order valence-electron chi connectivity index (χ2n) is 6.76. The minimum atomic E-state index is 0.833. The molecule has 1 nitrogen and oxygen atoms in total. The number of hydrogen-bond donors (Lipinski definition) is 0. The molecule has 0 amide bonds. The first kappa shape index (κ1) is 12.4. The van der Waals surface area contributed by atoms with Gasteiger partial charge in [-0.1, -0.05) is 27.7 Å². The van der Waals surface area contributed by atoms with Crippen LogP contribution in [0.4, 0.5) is 0 Å². The average molecular weight is 223 g/mol. The van der Waals surface area contributed by atoms with Crippen LogP contribution in [0.5, 0.6) is 0 Å². The molecule has 1 saturated carbocycles. The van der Waals surface area contributed by atoms with Crippen molar-refractivity contribution < 1.29 is 0 Å². The predicted octanol–water partition coefficient (Wildman–Crippen LogP) is 3.65. The van der Waals surface area contributed by atoms with Gasteiger partial charge < -0.3 is 4.90 Å². The molecule has 1 aliphatic carbocycles. The molecule has 2 unspecified atom stereocenters. The van der Waals surface area contributed by atoms with Crippen LogP contribution in [0.3, 0.4) is 0 Å². The Balaban J connectivity index is 1.66. The number of nitrogens with zero attached hydrogens (tertiary/aromatic N) is 1. The van der Waals surface area contributed by atoms with Crippen LogP contribution in [-0.2, 0) is 0 Å². The van der Waals surface area contributed by atoms with E-state index in [1.54, 1.807) is 0 Å². The van der Waals surface area contributed by atoms with Crippen LogP contribution in [-0.4, -0.2) is 24.5 Å². The highest BCUT2D eigenvalue weighted by molar-refractivity contribution is 4.92. The molecule has 0 bridgehead atoms. The Morgan fingerprint density at radius 1 is 1.06 bits per heavy atom. The largest absolute Gasteiger partial charge is 0.303 e. The lowest BCUT2D eigenvalue weighted by atomic mass is 9.90. The van der Waals surface area contributed by atoms with Crippen molar-refractivity contribution >= 4 is 0 Å². The van der Waals surface area contributed by atoms with E-state index in [1.807, 2.05) is 0 Å². The Morgan fingerprint density at radius 2 is 1.62 bits per heavy atom. The Kier molecular flexibility index (Phi) is 3.94. The first-order chi connectivity index (χ1) is 7.58. The minimum Gasteiger partial charge on any atom is -0.303 e. The third kappa shape index (κ3) is 3.00. The number of piperidine rings is 1. The van der Waals surface area contributed by atoms with Gasteiger partial charge in [0.2, 0.25) is 0 Å². The summed E-state index contributed by atoms with van der Waals surface area (Å²) in [5.41, 5.74) is 0. The predicted molar refractivity (Wildman–Crippen MR) is 70.4 cm³/mol. The average Bonchev–Trinajstić information content (AvgIpc) is 2.78. The Labute approximate surface area is 102 Å². The van der Waals surface area contributed by atoms with E-state index < -0.39 is 0 Å². The zero-order chi connectivity index (χ0) is 11.7. The van der Waals surface area contributed by atoms with Gasteiger partial charge in [0, 0.05) is 6.54 Å². The number of rotatable bonds is 4. The van der Waals surface area contributed by atoms with Gasteiger partial charge in [-0.05, 0) is 61.9 Å². The van der Waals surface area contributed by atoms with Crippen LogP contribution in [0.15, 0.2) is 0 Å². The van der Waals surface area contributed by atoms with E-state index in [-0.39, 0.29) is 0 Å². The smallest absolute Gasteiger partial charge is 0.000439 e. The van der Waals surface area contributed by atoms with Gasteiger partial charge in [-0.3, -0.25) is 0 Å². The zero-order valence-electron chi connectivity index (χ0n) is 11.6. The SMILES string of the molecule is CC(C)CN1CCC(CC2C(C)C2C)CC1. The molecule has 16 heavy (non-hydrogen) atoms. The molecule has 94 valence electrons. The second-order valence-corrected chi connectivity index (χ2v) is 6.76. The second kappa shape index (κ2) is 5.08. The van der Waals surface area contributed by atoms with Crippen molar-refractivity contribution in [3.8, 4) is 0 Å². The molecule has 0 aromatic rings. The maximum absolute atomic E-state index is 2.67. The molecule has 1 aliphatic heterocycles. The molecule has 0 aromatic carbocycles. The standard InChI is InChI=1S/C15H29N/c1-11(2)10-16-7-5-14(6-8-16)9-15-12(3)13(15)4/h11-15H,5-10H2,1-4H3. The van der Waals surface area contributed by atoms with Gasteiger partial charge in [0.1, 0.15) is 0 Å². The maximum Gasteiger partial charge on any atom is 0.000439 e. The molecular weight excluding hydrogens is 194 g/mol. The maximum atomic E-state index is 2.67. The number of hydrogen-bond acceptors (Lipinski definition) is 1. The van der Waals surface area contributed by atoms with Crippen LogP contribution in [0.25, 0.3) is 0 Å². The van der Waals surface area contributed by atoms with E-state index >= 15 is 0 Å². The van der Waals surface area contributed by atoms with E-state index in [4.69, 9.17) is 0 Å². The molecule has 0 spiro atoms. The highest BCUT2D eigenvalue weighted by Gasteiger charge is 2.43. The molecule has 2 fully saturated rings. The summed E-state index contributed by atoms with van der Waals surface area (Å²) in [6.07, 6.45) is 4.45. The molecule has 2 atom stereocenters. The van der Waals surface area contributed by atoms with Crippen LogP contribution < -0.4 is 0 Å². The summed E-state index contributed by atoms with van der Waals surface area (Å²) in [5.74, 6) is 4.99. The van der Waals surface area contributed by atoms with E-state index in [1.165, 1.54) is 38.9 Å². The summed E-state index contributed by atoms with van der Waals surface area (Å²) >= 11 is 0. The molecule has 0 aromatic heterocycles. The summed E-state index contributed by atoms with van der Waals surface area (Å²) < 4.78 is 0. The highest BCUT2D eigenvalue weighted by Crippen LogP contribution is 2.50. The first-order valence-electron chi connectivity index (χ1n) is 7.30. The lowest BCUT2D eigenvalue weighted by Gasteiger charge is -2.33. The Hall–Kier alpha value is -0.0400. The molecular formula is C15H29N. The van der Waals surface area contributed by atoms with E-state index in [2.05, 4.69) is 32.6 Å². The molecule has 0 N–H and O–H groups in total. The van der Waals surface area contributed by atoms with E-state index in [0.29, 0.717) is 0 Å². The van der Waals surface area contributed by atoms with Gasteiger partial charge in [-0.2, -0.15) is 0 Å². The lowest BCUT2D eigenvalue weighted by Crippen LogP contribution is -2.36. The highest BCUT2D eigenvalue weighted by atomic mass is 15.1. The third-order valence-electron chi connectivity index (χ3n) is 4.98. The summed E-state index contributed by atoms with van der Waals surface area (Å²) in [6, 6.07) is 0. The van der Waals surface area contributed by atoms with Crippen molar-refractivity contribution in [1.29, 1.82) is 0 Å². The topological polar surface area (TPSA) is 3.24 Å². The molecule has 2 aliphatic rings. The summed E-state index contributed by atoms with van der Waals surface area (Å²) in [7, 11) is 0. The van der Waals surface area contributed by atoms with Crippen LogP contribution >= 0.6 is 0 Å². The molecule has 0 radical (unpaired) electrons. The Bertz CT molecular complexity index is 207. The van der Waals surface area contributed by atoms with Crippen molar-refractivity contribution in [3.63, 3.8) is 0 Å².